The highest BCUT2D eigenvalue weighted by Crippen LogP contribution is 2.30. The van der Waals surface area contributed by atoms with Crippen LogP contribution in [0.2, 0.25) is 10.0 Å². The van der Waals surface area contributed by atoms with E-state index in [9.17, 15) is 4.79 Å². The van der Waals surface area contributed by atoms with Crippen molar-refractivity contribution < 1.29 is 4.42 Å². The van der Waals surface area contributed by atoms with Gasteiger partial charge in [-0.1, -0.05) is 23.2 Å². The summed E-state index contributed by atoms with van der Waals surface area (Å²) in [5.41, 5.74) is -0.0157. The first kappa shape index (κ1) is 14.0. The fraction of sp³-hybridized carbons (Fsp3) is 0.0769. The molecule has 0 bridgehead atoms. The van der Waals surface area contributed by atoms with Crippen molar-refractivity contribution in [1.82, 2.24) is 0 Å². The van der Waals surface area contributed by atoms with Gasteiger partial charge in [-0.2, -0.15) is 5.26 Å². The van der Waals surface area contributed by atoms with Gasteiger partial charge in [-0.15, -0.1) is 11.8 Å². The Morgan fingerprint density at radius 3 is 2.58 bits per heavy atom. The van der Waals surface area contributed by atoms with E-state index in [4.69, 9.17) is 32.9 Å². The van der Waals surface area contributed by atoms with E-state index in [0.29, 0.717) is 26.3 Å². The number of hydrogen-bond donors (Lipinski definition) is 0. The number of halogens is 2. The summed E-state index contributed by atoms with van der Waals surface area (Å²) in [4.78, 5) is 12.3. The van der Waals surface area contributed by atoms with Crippen LogP contribution in [0, 0.1) is 11.3 Å². The van der Waals surface area contributed by atoms with Gasteiger partial charge in [-0.3, -0.25) is 0 Å². The van der Waals surface area contributed by atoms with Crippen LogP contribution in [0.5, 0.6) is 0 Å². The van der Waals surface area contributed by atoms with Gasteiger partial charge in [-0.05, 0) is 30.5 Å². The lowest BCUT2D eigenvalue weighted by molar-refractivity contribution is 0.518. The number of hydrogen-bond acceptors (Lipinski definition) is 4. The fourth-order valence-corrected chi connectivity index (χ4v) is 2.38. The second-order valence-corrected chi connectivity index (χ2v) is 5.24. The van der Waals surface area contributed by atoms with Gasteiger partial charge in [-0.25, -0.2) is 4.79 Å². The Balaban J connectivity index is 2.64. The summed E-state index contributed by atoms with van der Waals surface area (Å²) in [6.45, 7) is 0. The topological polar surface area (TPSA) is 54.0 Å². The van der Waals surface area contributed by atoms with Gasteiger partial charge in [0.25, 0.3) is 0 Å². The van der Waals surface area contributed by atoms with Crippen molar-refractivity contribution in [2.24, 2.45) is 0 Å². The van der Waals surface area contributed by atoms with E-state index in [2.05, 4.69) is 0 Å². The Kier molecular flexibility index (Phi) is 4.20. The average Bonchev–Trinajstić information content (AvgIpc) is 2.40. The third-order valence-electron chi connectivity index (χ3n) is 2.45. The predicted molar refractivity (Wildman–Crippen MR) is 76.9 cm³/mol. The molecule has 0 aliphatic heterocycles. The standard InChI is InChI=1S/C13H7Cl2NO2S/c1-19-12-5-11(18-13(17)8(12)6-16)7-2-3-9(14)10(15)4-7/h2-5H,1H3. The molecule has 6 heteroatoms. The van der Waals surface area contributed by atoms with Crippen LogP contribution in [0.3, 0.4) is 0 Å². The van der Waals surface area contributed by atoms with Crippen LogP contribution in [0.15, 0.2) is 38.4 Å². The quantitative estimate of drug-likeness (QED) is 0.780. The van der Waals surface area contributed by atoms with Crippen LogP contribution in [-0.2, 0) is 0 Å². The molecule has 2 aromatic rings. The van der Waals surface area contributed by atoms with Crippen molar-refractivity contribution >= 4 is 35.0 Å². The molecule has 0 N–H and O–H groups in total. The Hall–Kier alpha value is -1.41. The molecule has 3 nitrogen and oxygen atoms in total. The van der Waals surface area contributed by atoms with Crippen LogP contribution in [-0.4, -0.2) is 6.26 Å². The number of nitriles is 1. The molecule has 2 rings (SSSR count). The Bertz CT molecular complexity index is 734. The first-order chi connectivity index (χ1) is 9.06. The van der Waals surface area contributed by atoms with E-state index in [1.807, 2.05) is 6.07 Å². The molecule has 0 unspecified atom stereocenters. The highest BCUT2D eigenvalue weighted by molar-refractivity contribution is 7.98. The summed E-state index contributed by atoms with van der Waals surface area (Å²) in [7, 11) is 0. The van der Waals surface area contributed by atoms with Crippen molar-refractivity contribution in [3.05, 3.63) is 50.3 Å². The first-order valence-electron chi connectivity index (χ1n) is 5.14. The van der Waals surface area contributed by atoms with E-state index in [0.717, 1.165) is 0 Å². The summed E-state index contributed by atoms with van der Waals surface area (Å²) >= 11 is 13.1. The van der Waals surface area contributed by atoms with E-state index in [-0.39, 0.29) is 5.56 Å². The molecular formula is C13H7Cl2NO2S. The second kappa shape index (κ2) is 5.70. The third-order valence-corrected chi connectivity index (χ3v) is 3.95. The first-order valence-corrected chi connectivity index (χ1v) is 7.12. The summed E-state index contributed by atoms with van der Waals surface area (Å²) in [5.74, 6) is 0.354. The number of benzene rings is 1. The molecule has 0 radical (unpaired) electrons. The molecule has 0 aliphatic carbocycles. The van der Waals surface area contributed by atoms with Gasteiger partial charge >= 0.3 is 5.63 Å². The Morgan fingerprint density at radius 1 is 1.26 bits per heavy atom. The molecular weight excluding hydrogens is 305 g/mol. The lowest BCUT2D eigenvalue weighted by atomic mass is 10.1. The highest BCUT2D eigenvalue weighted by Gasteiger charge is 2.12. The van der Waals surface area contributed by atoms with Gasteiger partial charge < -0.3 is 4.42 Å². The second-order valence-electron chi connectivity index (χ2n) is 3.58. The minimum absolute atomic E-state index is 0.0105. The van der Waals surface area contributed by atoms with Crippen molar-refractivity contribution in [1.29, 1.82) is 5.26 Å². The smallest absolute Gasteiger partial charge is 0.355 e. The molecule has 1 heterocycles. The molecule has 19 heavy (non-hydrogen) atoms. The highest BCUT2D eigenvalue weighted by atomic mass is 35.5. The minimum atomic E-state index is -0.657. The molecule has 1 aromatic heterocycles. The number of rotatable bonds is 2. The van der Waals surface area contributed by atoms with E-state index in [1.54, 1.807) is 30.5 Å². The lowest BCUT2D eigenvalue weighted by Crippen LogP contribution is -2.06. The van der Waals surface area contributed by atoms with E-state index >= 15 is 0 Å². The molecule has 0 spiro atoms. The monoisotopic (exact) mass is 311 g/mol. The zero-order valence-corrected chi connectivity index (χ0v) is 12.1. The summed E-state index contributed by atoms with van der Waals surface area (Å²) in [6.07, 6.45) is 1.79. The predicted octanol–water partition coefficient (Wildman–Crippen LogP) is 4.21. The minimum Gasteiger partial charge on any atom is -0.422 e. The van der Waals surface area contributed by atoms with E-state index in [1.165, 1.54) is 11.8 Å². The van der Waals surface area contributed by atoms with E-state index < -0.39 is 5.63 Å². The molecule has 0 atom stereocenters. The van der Waals surface area contributed by atoms with Crippen LogP contribution in [0.25, 0.3) is 11.3 Å². The normalized spacial score (nSPS) is 10.2. The van der Waals surface area contributed by atoms with Gasteiger partial charge in [0, 0.05) is 10.5 Å². The number of thioether (sulfide) groups is 1. The van der Waals surface area contributed by atoms with Crippen LogP contribution in [0.4, 0.5) is 0 Å². The maximum atomic E-state index is 11.7. The van der Waals surface area contributed by atoms with Crippen LogP contribution >= 0.6 is 35.0 Å². The van der Waals surface area contributed by atoms with Crippen molar-refractivity contribution in [3.8, 4) is 17.4 Å². The van der Waals surface area contributed by atoms with Crippen LogP contribution in [0.1, 0.15) is 5.56 Å². The molecule has 0 amide bonds. The average molecular weight is 312 g/mol. The maximum absolute atomic E-state index is 11.7. The zero-order chi connectivity index (χ0) is 14.0. The van der Waals surface area contributed by atoms with Gasteiger partial charge in [0.2, 0.25) is 0 Å². The zero-order valence-electron chi connectivity index (χ0n) is 9.74. The molecule has 0 saturated heterocycles. The molecule has 0 aliphatic rings. The summed E-state index contributed by atoms with van der Waals surface area (Å²) in [5, 5.41) is 9.71. The van der Waals surface area contributed by atoms with Crippen molar-refractivity contribution in [2.75, 3.05) is 6.26 Å². The third kappa shape index (κ3) is 2.79. The summed E-state index contributed by atoms with van der Waals surface area (Å²) < 4.78 is 5.13. The largest absolute Gasteiger partial charge is 0.422 e. The maximum Gasteiger partial charge on any atom is 0.355 e. The van der Waals surface area contributed by atoms with Crippen LogP contribution < -0.4 is 5.63 Å². The fourth-order valence-electron chi connectivity index (χ4n) is 1.53. The Labute approximate surface area is 123 Å². The SMILES string of the molecule is CSc1cc(-c2ccc(Cl)c(Cl)c2)oc(=O)c1C#N. The van der Waals surface area contributed by atoms with Gasteiger partial charge in [0.05, 0.1) is 10.0 Å². The molecule has 0 fully saturated rings. The molecule has 1 aromatic carbocycles. The van der Waals surface area contributed by atoms with Gasteiger partial charge in [0.15, 0.2) is 5.56 Å². The van der Waals surface area contributed by atoms with Crippen molar-refractivity contribution in [2.45, 2.75) is 4.90 Å². The number of nitrogens with zero attached hydrogens (tertiary/aromatic N) is 1. The lowest BCUT2D eigenvalue weighted by Gasteiger charge is -2.05. The Morgan fingerprint density at radius 2 is 2.00 bits per heavy atom. The van der Waals surface area contributed by atoms with Gasteiger partial charge in [0.1, 0.15) is 11.8 Å². The summed E-state index contributed by atoms with van der Waals surface area (Å²) in [6, 6.07) is 8.41. The van der Waals surface area contributed by atoms with Crippen molar-refractivity contribution in [3.63, 3.8) is 0 Å². The molecule has 0 saturated carbocycles. The molecule has 96 valence electrons.